The fourth-order valence-electron chi connectivity index (χ4n) is 4.18. The zero-order chi connectivity index (χ0) is 24.7. The van der Waals surface area contributed by atoms with Crippen molar-refractivity contribution in [2.24, 2.45) is 5.92 Å². The van der Waals surface area contributed by atoms with E-state index in [0.29, 0.717) is 0 Å². The number of benzene rings is 2. The zero-order valence-corrected chi connectivity index (χ0v) is 19.7. The van der Waals surface area contributed by atoms with Gasteiger partial charge in [-0.15, -0.1) is 0 Å². The number of hydrogen-bond donors (Lipinski definition) is 3. The van der Waals surface area contributed by atoms with Gasteiger partial charge in [-0.25, -0.2) is 4.79 Å². The Morgan fingerprint density at radius 1 is 0.971 bits per heavy atom. The van der Waals surface area contributed by atoms with Crippen LogP contribution in [0.4, 0.5) is 4.79 Å². The molecule has 8 heteroatoms. The second-order valence-corrected chi connectivity index (χ2v) is 8.78. The summed E-state index contributed by atoms with van der Waals surface area (Å²) in [5.74, 6) is -1.36. The predicted molar refractivity (Wildman–Crippen MR) is 128 cm³/mol. The number of carbonyl (C=O) groups is 3. The zero-order valence-electron chi connectivity index (χ0n) is 19.7. The molecule has 0 spiro atoms. The Kier molecular flexibility index (Phi) is 8.65. The molecule has 0 radical (unpaired) electrons. The highest BCUT2D eigenvalue weighted by atomic mass is 16.5. The lowest BCUT2D eigenvalue weighted by molar-refractivity contribution is -0.140. The maximum atomic E-state index is 12.6. The van der Waals surface area contributed by atoms with Crippen LogP contribution in [0.3, 0.4) is 0 Å². The SMILES string of the molecule is COC(CNC(=O)C[C@H](NC(=O)OCC1c2ccccc2-c2ccccc21)C(C)C)CC(=O)O. The van der Waals surface area contributed by atoms with Gasteiger partial charge in [-0.3, -0.25) is 9.59 Å². The number of alkyl carbamates (subject to hydrolysis) is 1. The van der Waals surface area contributed by atoms with Crippen LogP contribution >= 0.6 is 0 Å². The number of carboxylic acids is 1. The summed E-state index contributed by atoms with van der Waals surface area (Å²) in [7, 11) is 1.40. The quantitative estimate of drug-likeness (QED) is 0.465. The van der Waals surface area contributed by atoms with Gasteiger partial charge in [0.05, 0.1) is 12.5 Å². The summed E-state index contributed by atoms with van der Waals surface area (Å²) in [6.07, 6.45) is -1.35. The molecule has 2 aromatic rings. The maximum absolute atomic E-state index is 12.6. The molecule has 0 fully saturated rings. The Hall–Kier alpha value is -3.39. The van der Waals surface area contributed by atoms with Crippen LogP contribution in [0.2, 0.25) is 0 Å². The van der Waals surface area contributed by atoms with Gasteiger partial charge in [-0.2, -0.15) is 0 Å². The molecule has 3 rings (SSSR count). The molecule has 0 saturated heterocycles. The minimum absolute atomic E-state index is 0.0107. The van der Waals surface area contributed by atoms with Crippen LogP contribution in [0, 0.1) is 5.92 Å². The molecule has 2 amide bonds. The van der Waals surface area contributed by atoms with E-state index in [1.807, 2.05) is 38.1 Å². The van der Waals surface area contributed by atoms with E-state index in [0.717, 1.165) is 22.3 Å². The van der Waals surface area contributed by atoms with Crippen LogP contribution in [-0.2, 0) is 19.1 Å². The molecular weight excluding hydrogens is 436 g/mol. The first kappa shape index (κ1) is 25.2. The molecule has 0 bridgehead atoms. The number of rotatable bonds is 11. The number of hydrogen-bond acceptors (Lipinski definition) is 5. The normalized spacial score (nSPS) is 14.1. The Bertz CT molecular complexity index is 976. The maximum Gasteiger partial charge on any atom is 0.407 e. The van der Waals surface area contributed by atoms with Gasteiger partial charge in [-0.05, 0) is 28.2 Å². The van der Waals surface area contributed by atoms with Crippen molar-refractivity contribution in [1.29, 1.82) is 0 Å². The molecule has 0 aromatic heterocycles. The van der Waals surface area contributed by atoms with Crippen molar-refractivity contribution in [3.63, 3.8) is 0 Å². The molecule has 1 unspecified atom stereocenters. The summed E-state index contributed by atoms with van der Waals surface area (Å²) in [5, 5.41) is 14.4. The van der Waals surface area contributed by atoms with E-state index >= 15 is 0 Å². The van der Waals surface area contributed by atoms with E-state index < -0.39 is 24.2 Å². The monoisotopic (exact) mass is 468 g/mol. The summed E-state index contributed by atoms with van der Waals surface area (Å²) >= 11 is 0. The predicted octanol–water partition coefficient (Wildman–Crippen LogP) is 3.55. The van der Waals surface area contributed by atoms with Crippen molar-refractivity contribution in [2.45, 2.75) is 44.8 Å². The minimum Gasteiger partial charge on any atom is -0.481 e. The molecule has 182 valence electrons. The third kappa shape index (κ3) is 6.35. The molecule has 34 heavy (non-hydrogen) atoms. The second kappa shape index (κ2) is 11.7. The molecule has 8 nitrogen and oxygen atoms in total. The molecule has 3 N–H and O–H groups in total. The van der Waals surface area contributed by atoms with E-state index in [-0.39, 0.29) is 43.7 Å². The first-order chi connectivity index (χ1) is 16.3. The van der Waals surface area contributed by atoms with Crippen molar-refractivity contribution in [3.05, 3.63) is 59.7 Å². The van der Waals surface area contributed by atoms with E-state index in [4.69, 9.17) is 14.6 Å². The fourth-order valence-corrected chi connectivity index (χ4v) is 4.18. The topological polar surface area (TPSA) is 114 Å². The minimum atomic E-state index is -1.00. The number of nitrogens with one attached hydrogen (secondary N) is 2. The first-order valence-corrected chi connectivity index (χ1v) is 11.4. The lowest BCUT2D eigenvalue weighted by atomic mass is 9.98. The Morgan fingerprint density at radius 3 is 2.09 bits per heavy atom. The lowest BCUT2D eigenvalue weighted by Crippen LogP contribution is -2.44. The average molecular weight is 469 g/mol. The van der Waals surface area contributed by atoms with Crippen LogP contribution in [-0.4, -0.2) is 55.5 Å². The molecule has 1 aliphatic carbocycles. The summed E-state index contributed by atoms with van der Waals surface area (Å²) in [6, 6.07) is 15.8. The molecule has 0 heterocycles. The highest BCUT2D eigenvalue weighted by Gasteiger charge is 2.29. The number of ether oxygens (including phenoxy) is 2. The number of fused-ring (bicyclic) bond motifs is 3. The van der Waals surface area contributed by atoms with E-state index in [9.17, 15) is 14.4 Å². The number of methoxy groups -OCH3 is 1. The van der Waals surface area contributed by atoms with E-state index in [2.05, 4.69) is 34.9 Å². The van der Waals surface area contributed by atoms with Gasteiger partial charge in [-0.1, -0.05) is 62.4 Å². The van der Waals surface area contributed by atoms with Gasteiger partial charge >= 0.3 is 12.1 Å². The van der Waals surface area contributed by atoms with Crippen LogP contribution < -0.4 is 10.6 Å². The fraction of sp³-hybridized carbons (Fsp3) is 0.423. The molecule has 1 aliphatic rings. The largest absolute Gasteiger partial charge is 0.481 e. The second-order valence-electron chi connectivity index (χ2n) is 8.78. The van der Waals surface area contributed by atoms with Gasteiger partial charge in [0.1, 0.15) is 6.61 Å². The van der Waals surface area contributed by atoms with Gasteiger partial charge in [0.25, 0.3) is 0 Å². The van der Waals surface area contributed by atoms with Crippen LogP contribution in [0.25, 0.3) is 11.1 Å². The summed E-state index contributed by atoms with van der Waals surface area (Å²) in [4.78, 5) is 35.8. The molecule has 2 atom stereocenters. The third-order valence-corrected chi connectivity index (χ3v) is 6.12. The van der Waals surface area contributed by atoms with Gasteiger partial charge in [0, 0.05) is 32.0 Å². The van der Waals surface area contributed by atoms with Crippen LogP contribution in [0.5, 0.6) is 0 Å². The van der Waals surface area contributed by atoms with E-state index in [1.54, 1.807) is 0 Å². The smallest absolute Gasteiger partial charge is 0.407 e. The van der Waals surface area contributed by atoms with Crippen LogP contribution in [0.15, 0.2) is 48.5 Å². The highest BCUT2D eigenvalue weighted by molar-refractivity contribution is 5.79. The van der Waals surface area contributed by atoms with Crippen molar-refractivity contribution in [1.82, 2.24) is 10.6 Å². The summed E-state index contributed by atoms with van der Waals surface area (Å²) in [6.45, 7) is 4.09. The number of carbonyl (C=O) groups excluding carboxylic acids is 2. The summed E-state index contributed by atoms with van der Waals surface area (Å²) < 4.78 is 10.7. The molecule has 0 aliphatic heterocycles. The number of amides is 2. The van der Waals surface area contributed by atoms with Gasteiger partial charge < -0.3 is 25.2 Å². The Morgan fingerprint density at radius 2 is 1.56 bits per heavy atom. The number of aliphatic carboxylic acids is 1. The summed E-state index contributed by atoms with van der Waals surface area (Å²) in [5.41, 5.74) is 4.57. The molecular formula is C26H32N2O6. The standard InChI is InChI=1S/C26H32N2O6/c1-16(2)23(13-24(29)27-14-17(33-3)12-25(30)31)28-26(32)34-15-22-20-10-6-4-8-18(20)19-9-5-7-11-21(19)22/h4-11,16-17,22-23H,12-15H2,1-3H3,(H,27,29)(H,28,32)(H,30,31)/t17?,23-/m0/s1. The number of carboxylic acid groups (broad SMARTS) is 1. The van der Waals surface area contributed by atoms with E-state index in [1.165, 1.54) is 7.11 Å². The van der Waals surface area contributed by atoms with Crippen molar-refractivity contribution < 1.29 is 29.0 Å². The van der Waals surface area contributed by atoms with Crippen molar-refractivity contribution in [2.75, 3.05) is 20.3 Å². The first-order valence-electron chi connectivity index (χ1n) is 11.4. The van der Waals surface area contributed by atoms with Crippen molar-refractivity contribution in [3.8, 4) is 11.1 Å². The van der Waals surface area contributed by atoms with Crippen LogP contribution in [0.1, 0.15) is 43.7 Å². The molecule has 0 saturated carbocycles. The average Bonchev–Trinajstić information content (AvgIpc) is 3.13. The van der Waals surface area contributed by atoms with Crippen molar-refractivity contribution >= 4 is 18.0 Å². The third-order valence-electron chi connectivity index (χ3n) is 6.12. The highest BCUT2D eigenvalue weighted by Crippen LogP contribution is 2.44. The van der Waals surface area contributed by atoms with Gasteiger partial charge in [0.2, 0.25) is 5.91 Å². The molecule has 2 aromatic carbocycles. The lowest BCUT2D eigenvalue weighted by Gasteiger charge is -2.23. The Labute approximate surface area is 199 Å². The Balaban J connectivity index is 1.54. The van der Waals surface area contributed by atoms with Gasteiger partial charge in [0.15, 0.2) is 0 Å².